The first kappa shape index (κ1) is 28.1. The fraction of sp³-hybridized carbons (Fsp3) is 0.269. The van der Waals surface area contributed by atoms with Crippen LogP contribution in [0.4, 0.5) is 11.4 Å². The molecule has 0 saturated carbocycles. The molecule has 38 heavy (non-hydrogen) atoms. The van der Waals surface area contributed by atoms with Gasteiger partial charge >= 0.3 is 5.97 Å². The predicted octanol–water partition coefficient (Wildman–Crippen LogP) is 2.52. The summed E-state index contributed by atoms with van der Waals surface area (Å²) in [4.78, 5) is 52.7. The normalized spacial score (nSPS) is 11.4. The number of carbonyl (C=O) groups excluding carboxylic acids is 4. The van der Waals surface area contributed by atoms with Gasteiger partial charge in [-0.25, -0.2) is 0 Å². The topological polar surface area (TPSA) is 167 Å². The zero-order chi connectivity index (χ0) is 28.0. The Labute approximate surface area is 223 Å². The smallest absolute Gasteiger partial charge is 0.325 e. The van der Waals surface area contributed by atoms with E-state index in [9.17, 15) is 19.2 Å². The highest BCUT2D eigenvalue weighted by Crippen LogP contribution is 2.35. The van der Waals surface area contributed by atoms with E-state index in [0.29, 0.717) is 34.1 Å². The van der Waals surface area contributed by atoms with Crippen molar-refractivity contribution >= 4 is 46.6 Å². The molecule has 12 heteroatoms. The van der Waals surface area contributed by atoms with Gasteiger partial charge in [0.1, 0.15) is 23.2 Å². The molecule has 0 spiro atoms. The molecule has 0 aliphatic heterocycles. The summed E-state index contributed by atoms with van der Waals surface area (Å²) in [7, 11) is 1.51. The SMILES string of the molecule is CCOC(=O)CNC(=O)[C@H](c1ccc(OC)cc1)N(C(=O)c1snc(C(N)=O)c1N)c1ccc(C)cc1C. The third-order valence-corrected chi connectivity index (χ3v) is 6.49. The molecule has 0 radical (unpaired) electrons. The second-order valence-electron chi connectivity index (χ2n) is 8.30. The number of nitrogens with one attached hydrogen (secondary N) is 1. The Bertz CT molecular complexity index is 1350. The third kappa shape index (κ3) is 6.09. The maximum Gasteiger partial charge on any atom is 0.325 e. The van der Waals surface area contributed by atoms with Crippen LogP contribution in [0.25, 0.3) is 0 Å². The first-order chi connectivity index (χ1) is 18.1. The number of aryl methyl sites for hydroxylation is 2. The largest absolute Gasteiger partial charge is 0.497 e. The van der Waals surface area contributed by atoms with Crippen molar-refractivity contribution in [2.24, 2.45) is 5.73 Å². The molecule has 3 aromatic rings. The summed E-state index contributed by atoms with van der Waals surface area (Å²) >= 11 is 0.707. The standard InChI is InChI=1S/C26H29N5O6S/c1-5-37-19(32)13-29-25(34)22(16-7-9-17(36-4)10-8-16)31(18-11-6-14(2)12-15(18)3)26(35)23-20(27)21(24(28)33)30-38-23/h6-12,22H,5,13,27H2,1-4H3,(H2,28,33)(H,29,34)/t22-/m0/s1. The number of esters is 1. The van der Waals surface area contributed by atoms with E-state index >= 15 is 0 Å². The van der Waals surface area contributed by atoms with Gasteiger partial charge in [0, 0.05) is 5.69 Å². The van der Waals surface area contributed by atoms with E-state index < -0.39 is 36.3 Å². The molecular formula is C26H29N5O6S. The van der Waals surface area contributed by atoms with Crippen LogP contribution in [0.1, 0.15) is 49.8 Å². The van der Waals surface area contributed by atoms with Gasteiger partial charge in [-0.2, -0.15) is 4.37 Å². The van der Waals surface area contributed by atoms with Gasteiger partial charge in [0.05, 0.1) is 19.4 Å². The van der Waals surface area contributed by atoms with Crippen molar-refractivity contribution < 1.29 is 28.7 Å². The Hall–Kier alpha value is -4.45. The maximum atomic E-state index is 14.1. The van der Waals surface area contributed by atoms with Crippen LogP contribution in [-0.4, -0.2) is 48.3 Å². The average Bonchev–Trinajstić information content (AvgIpc) is 3.28. The molecule has 0 fully saturated rings. The molecule has 5 N–H and O–H groups in total. The van der Waals surface area contributed by atoms with E-state index in [0.717, 1.165) is 5.56 Å². The van der Waals surface area contributed by atoms with Crippen LogP contribution >= 0.6 is 11.5 Å². The lowest BCUT2D eigenvalue weighted by Crippen LogP contribution is -2.45. The molecule has 3 amide bonds. The van der Waals surface area contributed by atoms with Crippen molar-refractivity contribution in [2.45, 2.75) is 26.8 Å². The van der Waals surface area contributed by atoms with E-state index in [4.69, 9.17) is 20.9 Å². The molecule has 200 valence electrons. The zero-order valence-corrected chi connectivity index (χ0v) is 22.3. The number of aromatic nitrogens is 1. The van der Waals surface area contributed by atoms with Gasteiger partial charge in [0.25, 0.3) is 11.8 Å². The minimum atomic E-state index is -1.25. The average molecular weight is 540 g/mol. The van der Waals surface area contributed by atoms with E-state index in [2.05, 4.69) is 9.69 Å². The van der Waals surface area contributed by atoms with Gasteiger partial charge in [-0.1, -0.05) is 29.8 Å². The number of nitrogens with two attached hydrogens (primary N) is 2. The van der Waals surface area contributed by atoms with Crippen LogP contribution in [0.15, 0.2) is 42.5 Å². The zero-order valence-electron chi connectivity index (χ0n) is 21.4. The number of ether oxygens (including phenoxy) is 2. The minimum Gasteiger partial charge on any atom is -0.497 e. The quantitative estimate of drug-likeness (QED) is 0.330. The summed E-state index contributed by atoms with van der Waals surface area (Å²) in [5.41, 5.74) is 13.5. The molecular weight excluding hydrogens is 510 g/mol. The fourth-order valence-corrected chi connectivity index (χ4v) is 4.59. The highest BCUT2D eigenvalue weighted by Gasteiger charge is 2.37. The van der Waals surface area contributed by atoms with Crippen LogP contribution in [0.2, 0.25) is 0 Å². The van der Waals surface area contributed by atoms with Crippen LogP contribution < -0.4 is 26.4 Å². The summed E-state index contributed by atoms with van der Waals surface area (Å²) in [6, 6.07) is 10.7. The number of nitrogens with zero attached hydrogens (tertiary/aromatic N) is 2. The van der Waals surface area contributed by atoms with Crippen LogP contribution in [0, 0.1) is 13.8 Å². The molecule has 3 rings (SSSR count). The van der Waals surface area contributed by atoms with Gasteiger partial charge in [0.2, 0.25) is 5.91 Å². The highest BCUT2D eigenvalue weighted by molar-refractivity contribution is 7.09. The van der Waals surface area contributed by atoms with E-state index in [1.165, 1.54) is 12.0 Å². The summed E-state index contributed by atoms with van der Waals surface area (Å²) in [5.74, 6) is -2.28. The van der Waals surface area contributed by atoms with Crippen LogP contribution in [0.5, 0.6) is 5.75 Å². The van der Waals surface area contributed by atoms with Gasteiger partial charge in [-0.05, 0) is 61.6 Å². The van der Waals surface area contributed by atoms with Crippen molar-refractivity contribution in [3.05, 3.63) is 69.7 Å². The molecule has 0 aliphatic carbocycles. The number of hydrogen-bond donors (Lipinski definition) is 3. The molecule has 1 heterocycles. The Kier molecular flexibility index (Phi) is 9.02. The molecule has 0 aliphatic rings. The highest BCUT2D eigenvalue weighted by atomic mass is 32.1. The summed E-state index contributed by atoms with van der Waals surface area (Å²) in [6.07, 6.45) is 0. The van der Waals surface area contributed by atoms with Gasteiger partial charge < -0.3 is 26.3 Å². The number of anilines is 2. The molecule has 1 atom stereocenters. The number of nitrogen functional groups attached to an aromatic ring is 1. The van der Waals surface area contributed by atoms with Crippen molar-refractivity contribution in [3.63, 3.8) is 0 Å². The van der Waals surface area contributed by atoms with Crippen molar-refractivity contribution in [3.8, 4) is 5.75 Å². The molecule has 0 bridgehead atoms. The monoisotopic (exact) mass is 539 g/mol. The number of rotatable bonds is 10. The number of hydrogen-bond acceptors (Lipinski definition) is 9. The number of carbonyl (C=O) groups is 4. The molecule has 0 saturated heterocycles. The maximum absolute atomic E-state index is 14.1. The van der Waals surface area contributed by atoms with Gasteiger partial charge in [-0.3, -0.25) is 24.1 Å². The number of methoxy groups -OCH3 is 1. The van der Waals surface area contributed by atoms with Crippen molar-refractivity contribution in [1.29, 1.82) is 0 Å². The Morgan fingerprint density at radius 3 is 2.34 bits per heavy atom. The first-order valence-electron chi connectivity index (χ1n) is 11.6. The van der Waals surface area contributed by atoms with Crippen molar-refractivity contribution in [1.82, 2.24) is 9.69 Å². The third-order valence-electron chi connectivity index (χ3n) is 5.64. The summed E-state index contributed by atoms with van der Waals surface area (Å²) in [6.45, 7) is 5.10. The Morgan fingerprint density at radius 1 is 1.11 bits per heavy atom. The second kappa shape index (κ2) is 12.2. The Morgan fingerprint density at radius 2 is 1.79 bits per heavy atom. The molecule has 0 unspecified atom stereocenters. The molecule has 1 aromatic heterocycles. The second-order valence-corrected chi connectivity index (χ2v) is 9.08. The molecule has 2 aromatic carbocycles. The summed E-state index contributed by atoms with van der Waals surface area (Å²) in [5, 5.41) is 2.56. The minimum absolute atomic E-state index is 0.0597. The fourth-order valence-electron chi connectivity index (χ4n) is 3.85. The summed E-state index contributed by atoms with van der Waals surface area (Å²) < 4.78 is 14.1. The predicted molar refractivity (Wildman–Crippen MR) is 143 cm³/mol. The van der Waals surface area contributed by atoms with E-state index in [-0.39, 0.29) is 22.9 Å². The van der Waals surface area contributed by atoms with Crippen LogP contribution in [0.3, 0.4) is 0 Å². The van der Waals surface area contributed by atoms with Gasteiger partial charge in [-0.15, -0.1) is 0 Å². The van der Waals surface area contributed by atoms with Crippen molar-refractivity contribution in [2.75, 3.05) is 30.9 Å². The number of benzene rings is 2. The lowest BCUT2D eigenvalue weighted by Gasteiger charge is -2.32. The number of amides is 3. The van der Waals surface area contributed by atoms with E-state index in [1.807, 2.05) is 13.0 Å². The lowest BCUT2D eigenvalue weighted by atomic mass is 10.0. The number of primary amides is 1. The lowest BCUT2D eigenvalue weighted by molar-refractivity contribution is -0.143. The van der Waals surface area contributed by atoms with E-state index in [1.54, 1.807) is 50.2 Å². The van der Waals surface area contributed by atoms with Crippen LogP contribution in [-0.2, 0) is 14.3 Å². The first-order valence-corrected chi connectivity index (χ1v) is 12.4. The Balaban J connectivity index is 2.20. The van der Waals surface area contributed by atoms with Gasteiger partial charge in [0.15, 0.2) is 5.69 Å². The molecule has 11 nitrogen and oxygen atoms in total.